The van der Waals surface area contributed by atoms with E-state index in [1.165, 1.54) is 18.3 Å². The van der Waals surface area contributed by atoms with Crippen molar-refractivity contribution in [1.29, 1.82) is 0 Å². The van der Waals surface area contributed by atoms with Crippen LogP contribution in [0.2, 0.25) is 0 Å². The lowest BCUT2D eigenvalue weighted by atomic mass is 10.1. The molecule has 1 aliphatic heterocycles. The molecule has 1 atom stereocenters. The van der Waals surface area contributed by atoms with Gasteiger partial charge in [0.05, 0.1) is 16.8 Å². The molecule has 1 fully saturated rings. The monoisotopic (exact) mass is 541 g/mol. The molecule has 204 valence electrons. The summed E-state index contributed by atoms with van der Waals surface area (Å²) >= 11 is 0. The summed E-state index contributed by atoms with van der Waals surface area (Å²) in [6, 6.07) is 16.4. The van der Waals surface area contributed by atoms with E-state index >= 15 is 0 Å². The highest BCUT2D eigenvalue weighted by atomic mass is 16.6. The maximum absolute atomic E-state index is 12.8. The summed E-state index contributed by atoms with van der Waals surface area (Å²) in [6.45, 7) is 1.85. The number of nitrogens with zero attached hydrogens (tertiary/aromatic N) is 3. The molecule has 5 N–H and O–H groups in total. The molecule has 40 heavy (non-hydrogen) atoms. The van der Waals surface area contributed by atoms with Crippen LogP contribution in [-0.2, 0) is 6.54 Å². The van der Waals surface area contributed by atoms with Gasteiger partial charge in [0.1, 0.15) is 5.76 Å². The fourth-order valence-electron chi connectivity index (χ4n) is 4.41. The second-order valence-corrected chi connectivity index (χ2v) is 9.36. The molecule has 0 unspecified atom stereocenters. The summed E-state index contributed by atoms with van der Waals surface area (Å²) in [4.78, 5) is 44.6. The van der Waals surface area contributed by atoms with Gasteiger partial charge in [0, 0.05) is 42.4 Å². The number of carbonyl (C=O) groups excluding carboxylic acids is 2. The molecule has 1 saturated heterocycles. The number of aromatic nitrogens is 2. The first-order valence-corrected chi connectivity index (χ1v) is 12.7. The first kappa shape index (κ1) is 26.5. The highest BCUT2D eigenvalue weighted by molar-refractivity contribution is 5.97. The van der Waals surface area contributed by atoms with Gasteiger partial charge in [-0.05, 0) is 55.3 Å². The zero-order chi connectivity index (χ0) is 28.1. The average molecular weight is 542 g/mol. The third-order valence-electron chi connectivity index (χ3n) is 6.52. The summed E-state index contributed by atoms with van der Waals surface area (Å²) in [5.74, 6) is -0.196. The number of nitro benzene ring substituents is 1. The highest BCUT2D eigenvalue weighted by Gasteiger charge is 2.20. The van der Waals surface area contributed by atoms with E-state index < -0.39 is 10.8 Å². The Labute approximate surface area is 229 Å². The van der Waals surface area contributed by atoms with Crippen molar-refractivity contribution in [2.45, 2.75) is 25.4 Å². The number of nitrogen functional groups attached to an aromatic ring is 1. The lowest BCUT2D eigenvalue weighted by Crippen LogP contribution is -2.46. The average Bonchev–Trinajstić information content (AvgIpc) is 3.47. The smallest absolute Gasteiger partial charge is 0.287 e. The molecule has 4 aromatic rings. The molecular formula is C28H27N7O5. The number of non-ortho nitro benzene ring substituents is 1. The number of anilines is 1. The van der Waals surface area contributed by atoms with Crippen LogP contribution in [0.15, 0.2) is 71.3 Å². The van der Waals surface area contributed by atoms with Crippen LogP contribution >= 0.6 is 0 Å². The third kappa shape index (κ3) is 6.13. The molecule has 2 aromatic heterocycles. The van der Waals surface area contributed by atoms with E-state index in [2.05, 4.69) is 25.9 Å². The lowest BCUT2D eigenvalue weighted by Gasteiger charge is -2.23. The second kappa shape index (κ2) is 11.7. The van der Waals surface area contributed by atoms with Crippen LogP contribution in [0.3, 0.4) is 0 Å². The van der Waals surface area contributed by atoms with Gasteiger partial charge in [-0.25, -0.2) is 9.97 Å². The summed E-state index contributed by atoms with van der Waals surface area (Å²) in [5, 5.41) is 19.9. The van der Waals surface area contributed by atoms with Gasteiger partial charge >= 0.3 is 0 Å². The first-order chi connectivity index (χ1) is 19.4. The van der Waals surface area contributed by atoms with Crippen molar-refractivity contribution < 1.29 is 18.9 Å². The van der Waals surface area contributed by atoms with E-state index in [0.29, 0.717) is 29.1 Å². The van der Waals surface area contributed by atoms with Gasteiger partial charge in [-0.3, -0.25) is 19.7 Å². The zero-order valence-electron chi connectivity index (χ0n) is 21.4. The normalized spacial score (nSPS) is 14.8. The summed E-state index contributed by atoms with van der Waals surface area (Å²) < 4.78 is 5.66. The Balaban J connectivity index is 1.24. The number of nitrogens with one attached hydrogen (secondary N) is 3. The van der Waals surface area contributed by atoms with E-state index in [1.54, 1.807) is 24.3 Å². The van der Waals surface area contributed by atoms with Crippen molar-refractivity contribution in [2.75, 3.05) is 18.8 Å². The van der Waals surface area contributed by atoms with E-state index in [0.717, 1.165) is 24.9 Å². The standard InChI is InChI=1S/C28H27N7O5/c29-26-25(28(37)33-20-5-2-12-30-15-20)34-22(16-31-26)19-4-1-3-17(13-19)14-32-27(36)24-11-10-23(40-24)18-6-8-21(9-7-18)35(38)39/h1,3-4,6-11,13,16,20,30H,2,5,12,14-15H2,(H2,29,31)(H,32,36)(H,33,37)/t20-/m0/s1. The lowest BCUT2D eigenvalue weighted by molar-refractivity contribution is -0.384. The number of amides is 2. The number of hydrogen-bond donors (Lipinski definition) is 4. The molecule has 0 radical (unpaired) electrons. The quantitative estimate of drug-likeness (QED) is 0.192. The Hall–Kier alpha value is -5.10. The Morgan fingerprint density at radius 3 is 2.67 bits per heavy atom. The second-order valence-electron chi connectivity index (χ2n) is 9.36. The van der Waals surface area contributed by atoms with E-state index in [-0.39, 0.29) is 41.5 Å². The summed E-state index contributed by atoms with van der Waals surface area (Å²) in [5.41, 5.74) is 8.61. The van der Waals surface area contributed by atoms with Crippen molar-refractivity contribution in [3.63, 3.8) is 0 Å². The van der Waals surface area contributed by atoms with Crippen molar-refractivity contribution in [2.24, 2.45) is 0 Å². The number of carbonyl (C=O) groups is 2. The number of hydrogen-bond acceptors (Lipinski definition) is 9. The van der Waals surface area contributed by atoms with Crippen molar-refractivity contribution in [1.82, 2.24) is 25.9 Å². The Morgan fingerprint density at radius 2 is 1.93 bits per heavy atom. The van der Waals surface area contributed by atoms with Gasteiger partial charge in [0.25, 0.3) is 17.5 Å². The molecule has 0 bridgehead atoms. The Kier molecular flexibility index (Phi) is 7.78. The van der Waals surface area contributed by atoms with Gasteiger partial charge in [-0.2, -0.15) is 0 Å². The molecule has 0 saturated carbocycles. The maximum atomic E-state index is 12.8. The van der Waals surface area contributed by atoms with Gasteiger partial charge in [-0.15, -0.1) is 0 Å². The largest absolute Gasteiger partial charge is 0.451 e. The molecule has 0 spiro atoms. The highest BCUT2D eigenvalue weighted by Crippen LogP contribution is 2.25. The number of benzene rings is 2. The van der Waals surface area contributed by atoms with Crippen molar-refractivity contribution >= 4 is 23.3 Å². The first-order valence-electron chi connectivity index (χ1n) is 12.7. The molecular weight excluding hydrogens is 514 g/mol. The molecule has 1 aliphatic rings. The summed E-state index contributed by atoms with van der Waals surface area (Å²) in [7, 11) is 0. The predicted octanol–water partition coefficient (Wildman–Crippen LogP) is 3.31. The third-order valence-corrected chi connectivity index (χ3v) is 6.52. The molecule has 3 heterocycles. The van der Waals surface area contributed by atoms with E-state index in [9.17, 15) is 19.7 Å². The van der Waals surface area contributed by atoms with Crippen LogP contribution in [0.1, 0.15) is 39.4 Å². The van der Waals surface area contributed by atoms with Crippen LogP contribution in [0, 0.1) is 10.1 Å². The van der Waals surface area contributed by atoms with Crippen LogP contribution in [0.4, 0.5) is 11.5 Å². The number of piperidine rings is 1. The van der Waals surface area contributed by atoms with Gasteiger partial charge in [0.2, 0.25) is 0 Å². The molecule has 2 amide bonds. The van der Waals surface area contributed by atoms with Crippen LogP contribution in [0.25, 0.3) is 22.6 Å². The predicted molar refractivity (Wildman–Crippen MR) is 147 cm³/mol. The zero-order valence-corrected chi connectivity index (χ0v) is 21.4. The SMILES string of the molecule is Nc1ncc(-c2cccc(CNC(=O)c3ccc(-c4ccc([N+](=O)[O-])cc4)o3)c2)nc1C(=O)N[C@H]1CCCNC1. The number of rotatable bonds is 8. The molecule has 12 heteroatoms. The van der Waals surface area contributed by atoms with Gasteiger partial charge in [-0.1, -0.05) is 18.2 Å². The van der Waals surface area contributed by atoms with Crippen LogP contribution < -0.4 is 21.7 Å². The number of nitrogens with two attached hydrogens (primary N) is 1. The van der Waals surface area contributed by atoms with Crippen LogP contribution in [-0.4, -0.2) is 45.8 Å². The Morgan fingerprint density at radius 1 is 1.10 bits per heavy atom. The maximum Gasteiger partial charge on any atom is 0.287 e. The van der Waals surface area contributed by atoms with Crippen molar-refractivity contribution in [3.8, 4) is 22.6 Å². The molecule has 5 rings (SSSR count). The topological polar surface area (TPSA) is 178 Å². The van der Waals surface area contributed by atoms with Gasteiger partial charge in [0.15, 0.2) is 17.3 Å². The molecule has 2 aromatic carbocycles. The summed E-state index contributed by atoms with van der Waals surface area (Å²) in [6.07, 6.45) is 3.38. The van der Waals surface area contributed by atoms with Gasteiger partial charge < -0.3 is 26.1 Å². The minimum atomic E-state index is -0.481. The number of nitro groups is 1. The molecule has 0 aliphatic carbocycles. The fourth-order valence-corrected chi connectivity index (χ4v) is 4.41. The number of furan rings is 1. The van der Waals surface area contributed by atoms with Crippen LogP contribution in [0.5, 0.6) is 0 Å². The minimum Gasteiger partial charge on any atom is -0.451 e. The fraction of sp³-hybridized carbons (Fsp3) is 0.214. The Bertz CT molecular complexity index is 1540. The van der Waals surface area contributed by atoms with E-state index in [4.69, 9.17) is 10.2 Å². The van der Waals surface area contributed by atoms with Crippen molar-refractivity contribution in [3.05, 3.63) is 94.0 Å². The molecule has 12 nitrogen and oxygen atoms in total. The van der Waals surface area contributed by atoms with E-state index in [1.807, 2.05) is 24.3 Å². The minimum absolute atomic E-state index is 0.0115.